The van der Waals surface area contributed by atoms with Gasteiger partial charge in [-0.15, -0.1) is 0 Å². The Morgan fingerprint density at radius 3 is 2.58 bits per heavy atom. The second-order valence-corrected chi connectivity index (χ2v) is 5.96. The summed E-state index contributed by atoms with van der Waals surface area (Å²) in [4.78, 5) is 23.6. The molecule has 4 aromatic rings. The first-order chi connectivity index (χ1) is 11.8. The van der Waals surface area contributed by atoms with E-state index in [0.29, 0.717) is 6.54 Å². The fraction of sp³-hybridized carbons (Fsp3) is 0.167. The highest BCUT2D eigenvalue weighted by Gasteiger charge is 2.28. The number of carbonyl (C=O) groups excluding carboxylic acids is 1. The SMILES string of the molecule is O=C(Cn1cnc2ccccc21)N1CCn2c1nc1ccccc12. The summed E-state index contributed by atoms with van der Waals surface area (Å²) in [7, 11) is 0. The number of hydrogen-bond donors (Lipinski definition) is 0. The van der Waals surface area contributed by atoms with Gasteiger partial charge in [-0.1, -0.05) is 24.3 Å². The van der Waals surface area contributed by atoms with Crippen LogP contribution in [-0.2, 0) is 17.9 Å². The first kappa shape index (κ1) is 13.3. The number of aromatic nitrogens is 4. The van der Waals surface area contributed by atoms with E-state index < -0.39 is 0 Å². The summed E-state index contributed by atoms with van der Waals surface area (Å²) in [5.74, 6) is 0.776. The predicted molar refractivity (Wildman–Crippen MR) is 91.8 cm³/mol. The van der Waals surface area contributed by atoms with Crippen LogP contribution in [0.15, 0.2) is 54.9 Å². The number of para-hydroxylation sites is 4. The van der Waals surface area contributed by atoms with Crippen LogP contribution in [0.4, 0.5) is 5.95 Å². The van der Waals surface area contributed by atoms with Crippen LogP contribution >= 0.6 is 0 Å². The van der Waals surface area contributed by atoms with Gasteiger partial charge in [0.1, 0.15) is 6.54 Å². The fourth-order valence-electron chi connectivity index (χ4n) is 3.39. The van der Waals surface area contributed by atoms with Gasteiger partial charge in [0.05, 0.1) is 28.4 Å². The molecule has 0 radical (unpaired) electrons. The topological polar surface area (TPSA) is 56.0 Å². The van der Waals surface area contributed by atoms with Gasteiger partial charge < -0.3 is 9.13 Å². The van der Waals surface area contributed by atoms with Gasteiger partial charge in [0.25, 0.3) is 0 Å². The van der Waals surface area contributed by atoms with E-state index in [4.69, 9.17) is 0 Å². The van der Waals surface area contributed by atoms with Crippen molar-refractivity contribution in [1.29, 1.82) is 0 Å². The van der Waals surface area contributed by atoms with E-state index in [0.717, 1.165) is 34.6 Å². The number of amides is 1. The third-order valence-corrected chi connectivity index (χ3v) is 4.56. The van der Waals surface area contributed by atoms with Crippen molar-refractivity contribution in [3.8, 4) is 0 Å². The van der Waals surface area contributed by atoms with Crippen LogP contribution in [0.25, 0.3) is 22.1 Å². The van der Waals surface area contributed by atoms with E-state index in [1.54, 1.807) is 11.2 Å². The molecule has 0 fully saturated rings. The average Bonchev–Trinajstić information content (AvgIpc) is 3.28. The summed E-state index contributed by atoms with van der Waals surface area (Å²) in [6.07, 6.45) is 1.72. The number of imidazole rings is 2. The minimum Gasteiger partial charge on any atom is -0.321 e. The largest absolute Gasteiger partial charge is 0.321 e. The van der Waals surface area contributed by atoms with Crippen molar-refractivity contribution in [3.63, 3.8) is 0 Å². The highest BCUT2D eigenvalue weighted by molar-refractivity contribution is 5.95. The summed E-state index contributed by atoms with van der Waals surface area (Å²) in [5, 5.41) is 0. The van der Waals surface area contributed by atoms with Crippen molar-refractivity contribution >= 4 is 33.9 Å². The molecule has 0 saturated carbocycles. The van der Waals surface area contributed by atoms with Crippen LogP contribution in [0, 0.1) is 0 Å². The lowest BCUT2D eigenvalue weighted by Gasteiger charge is -2.14. The summed E-state index contributed by atoms with van der Waals surface area (Å²) < 4.78 is 4.00. The molecule has 6 heteroatoms. The van der Waals surface area contributed by atoms with Gasteiger partial charge in [-0.2, -0.15) is 0 Å². The number of fused-ring (bicyclic) bond motifs is 4. The zero-order valence-electron chi connectivity index (χ0n) is 13.0. The summed E-state index contributed by atoms with van der Waals surface area (Å²) in [6, 6.07) is 15.8. The minimum atomic E-state index is 0.0345. The molecule has 24 heavy (non-hydrogen) atoms. The van der Waals surface area contributed by atoms with E-state index in [1.807, 2.05) is 53.1 Å². The average molecular weight is 317 g/mol. The number of hydrogen-bond acceptors (Lipinski definition) is 3. The predicted octanol–water partition coefficient (Wildman–Crippen LogP) is 2.43. The summed E-state index contributed by atoms with van der Waals surface area (Å²) >= 11 is 0. The van der Waals surface area contributed by atoms with Gasteiger partial charge in [0.2, 0.25) is 11.9 Å². The highest BCUT2D eigenvalue weighted by atomic mass is 16.2. The van der Waals surface area contributed by atoms with E-state index >= 15 is 0 Å². The van der Waals surface area contributed by atoms with Crippen molar-refractivity contribution in [3.05, 3.63) is 54.9 Å². The van der Waals surface area contributed by atoms with Gasteiger partial charge in [-0.25, -0.2) is 9.97 Å². The van der Waals surface area contributed by atoms with Crippen molar-refractivity contribution in [2.24, 2.45) is 0 Å². The van der Waals surface area contributed by atoms with Crippen LogP contribution in [0.1, 0.15) is 0 Å². The highest BCUT2D eigenvalue weighted by Crippen LogP contribution is 2.27. The number of nitrogens with zero attached hydrogens (tertiary/aromatic N) is 5. The smallest absolute Gasteiger partial charge is 0.249 e. The lowest BCUT2D eigenvalue weighted by Crippen LogP contribution is -2.32. The summed E-state index contributed by atoms with van der Waals surface area (Å²) in [5.41, 5.74) is 3.88. The lowest BCUT2D eigenvalue weighted by molar-refractivity contribution is -0.119. The van der Waals surface area contributed by atoms with E-state index in [1.165, 1.54) is 0 Å². The Morgan fingerprint density at radius 2 is 1.71 bits per heavy atom. The molecule has 1 amide bonds. The van der Waals surface area contributed by atoms with Crippen LogP contribution < -0.4 is 4.90 Å². The maximum atomic E-state index is 12.8. The van der Waals surface area contributed by atoms with Gasteiger partial charge in [-0.3, -0.25) is 9.69 Å². The van der Waals surface area contributed by atoms with E-state index in [9.17, 15) is 4.79 Å². The molecule has 0 atom stereocenters. The second kappa shape index (κ2) is 4.92. The first-order valence-corrected chi connectivity index (χ1v) is 7.97. The molecule has 1 aliphatic rings. The van der Waals surface area contributed by atoms with Gasteiger partial charge in [0, 0.05) is 13.1 Å². The molecule has 0 N–H and O–H groups in total. The standard InChI is InChI=1S/C18H15N5O/c24-17(11-21-12-19-13-5-1-3-7-15(13)21)23-10-9-22-16-8-4-2-6-14(16)20-18(22)23/h1-8,12H,9-11H2. The molecule has 0 spiro atoms. The Balaban J connectivity index is 1.49. The Morgan fingerprint density at radius 1 is 0.958 bits per heavy atom. The molecular weight excluding hydrogens is 302 g/mol. The Labute approximate surface area is 138 Å². The van der Waals surface area contributed by atoms with Crippen LogP contribution in [-0.4, -0.2) is 31.6 Å². The zero-order valence-corrected chi connectivity index (χ0v) is 13.0. The van der Waals surface area contributed by atoms with Crippen LogP contribution in [0.2, 0.25) is 0 Å². The van der Waals surface area contributed by atoms with Gasteiger partial charge in [0.15, 0.2) is 0 Å². The third-order valence-electron chi connectivity index (χ3n) is 4.56. The monoisotopic (exact) mass is 317 g/mol. The first-order valence-electron chi connectivity index (χ1n) is 7.97. The van der Waals surface area contributed by atoms with Crippen LogP contribution in [0.3, 0.4) is 0 Å². The zero-order chi connectivity index (χ0) is 16.1. The quantitative estimate of drug-likeness (QED) is 0.570. The van der Waals surface area contributed by atoms with E-state index in [2.05, 4.69) is 14.5 Å². The maximum absolute atomic E-state index is 12.8. The normalized spacial score (nSPS) is 13.8. The summed E-state index contributed by atoms with van der Waals surface area (Å²) in [6.45, 7) is 1.72. The molecule has 2 aromatic carbocycles. The van der Waals surface area contributed by atoms with Gasteiger partial charge >= 0.3 is 0 Å². The molecular formula is C18H15N5O. The molecule has 1 aliphatic heterocycles. The molecule has 3 heterocycles. The number of rotatable bonds is 2. The van der Waals surface area contributed by atoms with Crippen molar-refractivity contribution < 1.29 is 4.79 Å². The molecule has 2 aromatic heterocycles. The van der Waals surface area contributed by atoms with Crippen molar-refractivity contribution in [1.82, 2.24) is 19.1 Å². The van der Waals surface area contributed by atoms with Crippen molar-refractivity contribution in [2.75, 3.05) is 11.4 Å². The molecule has 5 rings (SSSR count). The number of anilines is 1. The fourth-order valence-corrected chi connectivity index (χ4v) is 3.39. The maximum Gasteiger partial charge on any atom is 0.249 e. The molecule has 0 aliphatic carbocycles. The van der Waals surface area contributed by atoms with Crippen molar-refractivity contribution in [2.45, 2.75) is 13.1 Å². The number of benzene rings is 2. The number of carbonyl (C=O) groups is 1. The third kappa shape index (κ3) is 1.86. The lowest BCUT2D eigenvalue weighted by atomic mass is 10.3. The molecule has 0 unspecified atom stereocenters. The van der Waals surface area contributed by atoms with Gasteiger partial charge in [-0.05, 0) is 24.3 Å². The van der Waals surface area contributed by atoms with Crippen LogP contribution in [0.5, 0.6) is 0 Å². The Kier molecular flexibility index (Phi) is 2.73. The second-order valence-electron chi connectivity index (χ2n) is 5.96. The minimum absolute atomic E-state index is 0.0345. The molecule has 118 valence electrons. The van der Waals surface area contributed by atoms with E-state index in [-0.39, 0.29) is 12.5 Å². The Bertz CT molecular complexity index is 1080. The molecule has 6 nitrogen and oxygen atoms in total. The Hall–Kier alpha value is -3.15. The molecule has 0 saturated heterocycles. The molecule has 0 bridgehead atoms.